The average molecular weight is 162 g/mol. The molecule has 0 radical (unpaired) electrons. The lowest BCUT2D eigenvalue weighted by molar-refractivity contribution is 0.490. The van der Waals surface area contributed by atoms with Gasteiger partial charge in [-0.2, -0.15) is 8.42 Å². The third kappa shape index (κ3) is 2.33. The fourth-order valence-corrected chi connectivity index (χ4v) is 0.837. The molecule has 4 heteroatoms. The zero-order chi connectivity index (χ0) is 8.36. The van der Waals surface area contributed by atoms with E-state index in [1.54, 1.807) is 6.92 Å². The van der Waals surface area contributed by atoms with E-state index in [0.29, 0.717) is 5.57 Å². The molecule has 0 heterocycles. The smallest absolute Gasteiger partial charge is 0.282 e. The van der Waals surface area contributed by atoms with Crippen molar-refractivity contribution < 1.29 is 13.0 Å². The molecule has 0 fully saturated rings. The molecule has 0 saturated carbocycles. The van der Waals surface area contributed by atoms with E-state index >= 15 is 0 Å². The minimum atomic E-state index is -4.01. The number of rotatable bonds is 2. The SMILES string of the molecule is C=C/C(C)=C(/C)S(=O)(=O)O. The largest absolute Gasteiger partial charge is 0.290 e. The van der Waals surface area contributed by atoms with Gasteiger partial charge in [-0.05, 0) is 19.4 Å². The molecule has 0 amide bonds. The summed E-state index contributed by atoms with van der Waals surface area (Å²) in [5, 5.41) is 0. The van der Waals surface area contributed by atoms with Crippen molar-refractivity contribution in [2.45, 2.75) is 13.8 Å². The Morgan fingerprint density at radius 2 is 1.90 bits per heavy atom. The van der Waals surface area contributed by atoms with Crippen LogP contribution in [0, 0.1) is 0 Å². The molecule has 10 heavy (non-hydrogen) atoms. The van der Waals surface area contributed by atoms with E-state index in [1.165, 1.54) is 13.0 Å². The maximum absolute atomic E-state index is 10.4. The first-order valence-electron chi connectivity index (χ1n) is 2.67. The Morgan fingerprint density at radius 3 is 2.00 bits per heavy atom. The van der Waals surface area contributed by atoms with Gasteiger partial charge in [0.25, 0.3) is 10.1 Å². The number of hydrogen-bond acceptors (Lipinski definition) is 2. The van der Waals surface area contributed by atoms with E-state index in [9.17, 15) is 8.42 Å². The lowest BCUT2D eigenvalue weighted by Gasteiger charge is -1.97. The second kappa shape index (κ2) is 2.98. The standard InChI is InChI=1S/C6H10O3S/c1-4-5(2)6(3)10(7,8)9/h4H,1H2,2-3H3,(H,7,8,9)/b6-5-. The van der Waals surface area contributed by atoms with Gasteiger partial charge in [0.15, 0.2) is 0 Å². The first-order chi connectivity index (χ1) is 4.39. The summed E-state index contributed by atoms with van der Waals surface area (Å²) in [6.45, 7) is 6.25. The van der Waals surface area contributed by atoms with Crippen molar-refractivity contribution >= 4 is 10.1 Å². The van der Waals surface area contributed by atoms with Gasteiger partial charge in [-0.1, -0.05) is 12.7 Å². The maximum atomic E-state index is 10.4. The predicted molar refractivity (Wildman–Crippen MR) is 40.1 cm³/mol. The van der Waals surface area contributed by atoms with Crippen LogP contribution >= 0.6 is 0 Å². The van der Waals surface area contributed by atoms with Crippen molar-refractivity contribution in [1.82, 2.24) is 0 Å². The Morgan fingerprint density at radius 1 is 1.50 bits per heavy atom. The van der Waals surface area contributed by atoms with Gasteiger partial charge >= 0.3 is 0 Å². The van der Waals surface area contributed by atoms with Crippen LogP contribution in [0.1, 0.15) is 13.8 Å². The molecule has 58 valence electrons. The molecule has 0 aromatic heterocycles. The summed E-state index contributed by atoms with van der Waals surface area (Å²) in [5.41, 5.74) is 0.461. The van der Waals surface area contributed by atoms with Gasteiger partial charge in [-0.3, -0.25) is 4.55 Å². The fourth-order valence-electron chi connectivity index (χ4n) is 0.347. The van der Waals surface area contributed by atoms with E-state index in [0.717, 1.165) is 0 Å². The Bertz CT molecular complexity index is 259. The van der Waals surface area contributed by atoms with Crippen LogP contribution in [-0.4, -0.2) is 13.0 Å². The van der Waals surface area contributed by atoms with Crippen molar-refractivity contribution in [2.75, 3.05) is 0 Å². The van der Waals surface area contributed by atoms with Crippen LogP contribution in [0.4, 0.5) is 0 Å². The summed E-state index contributed by atoms with van der Waals surface area (Å²) >= 11 is 0. The minimum absolute atomic E-state index is 0.0532. The summed E-state index contributed by atoms with van der Waals surface area (Å²) in [6, 6.07) is 0. The highest BCUT2D eigenvalue weighted by molar-refractivity contribution is 7.89. The van der Waals surface area contributed by atoms with Gasteiger partial charge in [0.05, 0.1) is 4.91 Å². The summed E-state index contributed by atoms with van der Waals surface area (Å²) < 4.78 is 29.2. The van der Waals surface area contributed by atoms with E-state index in [4.69, 9.17) is 4.55 Å². The molecule has 0 aliphatic carbocycles. The Kier molecular flexibility index (Phi) is 2.80. The maximum Gasteiger partial charge on any atom is 0.290 e. The van der Waals surface area contributed by atoms with E-state index in [-0.39, 0.29) is 4.91 Å². The minimum Gasteiger partial charge on any atom is -0.282 e. The normalized spacial score (nSPS) is 14.3. The second-order valence-electron chi connectivity index (χ2n) is 1.92. The molecule has 0 unspecified atom stereocenters. The molecule has 0 aliphatic heterocycles. The zero-order valence-corrected chi connectivity index (χ0v) is 6.77. The van der Waals surface area contributed by atoms with Gasteiger partial charge < -0.3 is 0 Å². The highest BCUT2D eigenvalue weighted by atomic mass is 32.2. The fraction of sp³-hybridized carbons (Fsp3) is 0.333. The number of hydrogen-bond donors (Lipinski definition) is 1. The number of allylic oxidation sites excluding steroid dienone is 3. The van der Waals surface area contributed by atoms with Crippen molar-refractivity contribution in [1.29, 1.82) is 0 Å². The Hall–Kier alpha value is -0.610. The molecule has 1 N–H and O–H groups in total. The van der Waals surface area contributed by atoms with Gasteiger partial charge in [-0.25, -0.2) is 0 Å². The molecule has 0 atom stereocenters. The monoisotopic (exact) mass is 162 g/mol. The highest BCUT2D eigenvalue weighted by Gasteiger charge is 2.08. The van der Waals surface area contributed by atoms with Gasteiger partial charge in [-0.15, -0.1) is 0 Å². The Balaban J connectivity index is 5.02. The van der Waals surface area contributed by atoms with E-state index < -0.39 is 10.1 Å². The van der Waals surface area contributed by atoms with E-state index in [1.807, 2.05) is 0 Å². The van der Waals surface area contributed by atoms with Gasteiger partial charge in [0.2, 0.25) is 0 Å². The molecule has 0 aromatic rings. The summed E-state index contributed by atoms with van der Waals surface area (Å²) in [5.74, 6) is 0. The molecular weight excluding hydrogens is 152 g/mol. The first-order valence-corrected chi connectivity index (χ1v) is 4.11. The van der Waals surface area contributed by atoms with Crippen molar-refractivity contribution in [3.8, 4) is 0 Å². The van der Waals surface area contributed by atoms with Crippen LogP contribution < -0.4 is 0 Å². The van der Waals surface area contributed by atoms with Crippen LogP contribution in [0.2, 0.25) is 0 Å². The summed E-state index contributed by atoms with van der Waals surface area (Å²) in [6.07, 6.45) is 1.38. The van der Waals surface area contributed by atoms with Crippen LogP contribution in [0.25, 0.3) is 0 Å². The Labute approximate surface area is 60.8 Å². The van der Waals surface area contributed by atoms with Crippen LogP contribution in [0.3, 0.4) is 0 Å². The molecule has 0 aromatic carbocycles. The second-order valence-corrected chi connectivity index (χ2v) is 3.48. The average Bonchev–Trinajstić information content (AvgIpc) is 1.83. The summed E-state index contributed by atoms with van der Waals surface area (Å²) in [7, 11) is -4.01. The molecule has 0 aliphatic rings. The molecule has 0 spiro atoms. The molecule has 0 bridgehead atoms. The van der Waals surface area contributed by atoms with E-state index in [2.05, 4.69) is 6.58 Å². The quantitative estimate of drug-likeness (QED) is 0.492. The van der Waals surface area contributed by atoms with Gasteiger partial charge in [0, 0.05) is 0 Å². The van der Waals surface area contributed by atoms with Crippen molar-refractivity contribution in [3.63, 3.8) is 0 Å². The topological polar surface area (TPSA) is 54.4 Å². The van der Waals surface area contributed by atoms with Crippen LogP contribution in [0.5, 0.6) is 0 Å². The summed E-state index contributed by atoms with van der Waals surface area (Å²) in [4.78, 5) is -0.0532. The van der Waals surface area contributed by atoms with Crippen molar-refractivity contribution in [3.05, 3.63) is 23.1 Å². The lowest BCUT2D eigenvalue weighted by atomic mass is 10.3. The molecule has 0 saturated heterocycles. The lowest BCUT2D eigenvalue weighted by Crippen LogP contribution is -1.99. The van der Waals surface area contributed by atoms with Crippen LogP contribution in [0.15, 0.2) is 23.1 Å². The zero-order valence-electron chi connectivity index (χ0n) is 5.96. The van der Waals surface area contributed by atoms with Crippen LogP contribution in [-0.2, 0) is 10.1 Å². The molecular formula is C6H10O3S. The molecule has 3 nitrogen and oxygen atoms in total. The van der Waals surface area contributed by atoms with Gasteiger partial charge in [0.1, 0.15) is 0 Å². The third-order valence-electron chi connectivity index (χ3n) is 1.25. The first kappa shape index (κ1) is 9.39. The highest BCUT2D eigenvalue weighted by Crippen LogP contribution is 2.09. The third-order valence-corrected chi connectivity index (χ3v) is 2.34. The van der Waals surface area contributed by atoms with Crippen molar-refractivity contribution in [2.24, 2.45) is 0 Å². The predicted octanol–water partition coefficient (Wildman–Crippen LogP) is 1.35. The molecule has 0 rings (SSSR count).